The summed E-state index contributed by atoms with van der Waals surface area (Å²) in [5, 5.41) is 3.22. The predicted molar refractivity (Wildman–Crippen MR) is 54.0 cm³/mol. The highest BCUT2D eigenvalue weighted by Gasteiger charge is 2.26. The maximum absolute atomic E-state index is 10.6. The largest absolute Gasteiger partial charge is 0.469 e. The van der Waals surface area contributed by atoms with Crippen LogP contribution >= 0.6 is 0 Å². The molecule has 2 rings (SSSR count). The Hall–Kier alpha value is -1.12. The molecule has 0 bridgehead atoms. The number of rotatable bonds is 3. The summed E-state index contributed by atoms with van der Waals surface area (Å²) in [4.78, 5) is 10.6. The summed E-state index contributed by atoms with van der Waals surface area (Å²) in [5.74, 6) is 1.37. The van der Waals surface area contributed by atoms with Gasteiger partial charge in [-0.2, -0.15) is 4.91 Å². The second kappa shape index (κ2) is 4.40. The van der Waals surface area contributed by atoms with Crippen molar-refractivity contribution in [1.29, 1.82) is 0 Å². The summed E-state index contributed by atoms with van der Waals surface area (Å²) >= 11 is 0. The third kappa shape index (κ3) is 2.03. The normalized spacial score (nSPS) is 27.4. The van der Waals surface area contributed by atoms with Gasteiger partial charge in [0.15, 0.2) is 0 Å². The summed E-state index contributed by atoms with van der Waals surface area (Å²) in [5.41, 5.74) is 0. The van der Waals surface area contributed by atoms with Crippen molar-refractivity contribution < 1.29 is 4.42 Å². The van der Waals surface area contributed by atoms with Gasteiger partial charge in [-0.3, -0.25) is 0 Å². The molecule has 76 valence electrons. The van der Waals surface area contributed by atoms with Gasteiger partial charge in [-0.15, -0.1) is 0 Å². The molecular formula is C11H15NO2. The van der Waals surface area contributed by atoms with Gasteiger partial charge in [-0.25, -0.2) is 0 Å². The Balaban J connectivity index is 1.98. The minimum atomic E-state index is 0.00819. The molecule has 0 aliphatic heterocycles. The van der Waals surface area contributed by atoms with E-state index < -0.39 is 0 Å². The molecule has 0 saturated heterocycles. The van der Waals surface area contributed by atoms with Crippen LogP contribution in [-0.2, 0) is 6.42 Å². The first-order valence-electron chi connectivity index (χ1n) is 5.25. The van der Waals surface area contributed by atoms with E-state index in [2.05, 4.69) is 5.18 Å². The summed E-state index contributed by atoms with van der Waals surface area (Å²) in [6, 6.07) is 3.87. The molecule has 0 amide bonds. The Morgan fingerprint density at radius 2 is 2.29 bits per heavy atom. The molecule has 14 heavy (non-hydrogen) atoms. The molecule has 0 aromatic carbocycles. The number of furan rings is 1. The maximum atomic E-state index is 10.6. The van der Waals surface area contributed by atoms with Gasteiger partial charge in [0, 0.05) is 6.42 Å². The van der Waals surface area contributed by atoms with Crippen molar-refractivity contribution in [2.24, 2.45) is 11.1 Å². The molecule has 0 N–H and O–H groups in total. The second-order valence-electron chi connectivity index (χ2n) is 4.00. The Kier molecular flexibility index (Phi) is 2.96. The Labute approximate surface area is 83.5 Å². The highest BCUT2D eigenvalue weighted by molar-refractivity contribution is 5.01. The Morgan fingerprint density at radius 1 is 1.43 bits per heavy atom. The topological polar surface area (TPSA) is 42.6 Å². The van der Waals surface area contributed by atoms with Crippen molar-refractivity contribution in [3.8, 4) is 0 Å². The molecule has 3 heteroatoms. The highest BCUT2D eigenvalue weighted by Crippen LogP contribution is 2.29. The molecule has 3 nitrogen and oxygen atoms in total. The zero-order valence-electron chi connectivity index (χ0n) is 8.19. The van der Waals surface area contributed by atoms with Crippen LogP contribution in [0.2, 0.25) is 0 Å². The highest BCUT2D eigenvalue weighted by atomic mass is 16.3. The standard InChI is InChI=1S/C11H15NO2/c13-12-11-6-2-1-4-9(11)8-10-5-3-7-14-10/h3,5,7,9,11H,1-2,4,6,8H2. The molecular weight excluding hydrogens is 178 g/mol. The quantitative estimate of drug-likeness (QED) is 0.692. The maximum Gasteiger partial charge on any atom is 0.104 e. The zero-order chi connectivity index (χ0) is 9.80. The fraction of sp³-hybridized carbons (Fsp3) is 0.636. The first kappa shape index (κ1) is 9.44. The smallest absolute Gasteiger partial charge is 0.104 e. The third-order valence-electron chi connectivity index (χ3n) is 3.05. The van der Waals surface area contributed by atoms with Crippen molar-refractivity contribution in [3.05, 3.63) is 29.1 Å². The van der Waals surface area contributed by atoms with Crippen LogP contribution < -0.4 is 0 Å². The minimum Gasteiger partial charge on any atom is -0.469 e. The molecule has 1 aromatic heterocycles. The first-order chi connectivity index (χ1) is 6.90. The van der Waals surface area contributed by atoms with Gasteiger partial charge >= 0.3 is 0 Å². The molecule has 1 fully saturated rings. The van der Waals surface area contributed by atoms with Gasteiger partial charge in [-0.1, -0.05) is 18.0 Å². The summed E-state index contributed by atoms with van der Waals surface area (Å²) < 4.78 is 5.29. The van der Waals surface area contributed by atoms with E-state index in [0.717, 1.165) is 31.4 Å². The van der Waals surface area contributed by atoms with Crippen molar-refractivity contribution in [1.82, 2.24) is 0 Å². The van der Waals surface area contributed by atoms with E-state index in [1.165, 1.54) is 6.42 Å². The third-order valence-corrected chi connectivity index (χ3v) is 3.05. The molecule has 2 unspecified atom stereocenters. The average Bonchev–Trinajstić information content (AvgIpc) is 2.71. The molecule has 0 spiro atoms. The first-order valence-corrected chi connectivity index (χ1v) is 5.25. The van der Waals surface area contributed by atoms with Crippen molar-refractivity contribution >= 4 is 0 Å². The van der Waals surface area contributed by atoms with E-state index in [9.17, 15) is 4.91 Å². The van der Waals surface area contributed by atoms with E-state index in [0.29, 0.717) is 5.92 Å². The molecule has 1 heterocycles. The van der Waals surface area contributed by atoms with Gasteiger partial charge in [0.2, 0.25) is 0 Å². The number of hydrogen-bond donors (Lipinski definition) is 0. The van der Waals surface area contributed by atoms with Gasteiger partial charge in [0.1, 0.15) is 5.76 Å². The van der Waals surface area contributed by atoms with Gasteiger partial charge in [-0.05, 0) is 30.9 Å². The van der Waals surface area contributed by atoms with Crippen LogP contribution in [0.3, 0.4) is 0 Å². The van der Waals surface area contributed by atoms with Gasteiger partial charge in [0.25, 0.3) is 0 Å². The number of hydrogen-bond acceptors (Lipinski definition) is 3. The van der Waals surface area contributed by atoms with E-state index in [1.807, 2.05) is 12.1 Å². The summed E-state index contributed by atoms with van der Waals surface area (Å²) in [6.45, 7) is 0. The van der Waals surface area contributed by atoms with Crippen LogP contribution in [-0.4, -0.2) is 6.04 Å². The van der Waals surface area contributed by atoms with Crippen molar-refractivity contribution in [2.45, 2.75) is 38.1 Å². The molecule has 1 aliphatic carbocycles. The average molecular weight is 193 g/mol. The van der Waals surface area contributed by atoms with E-state index >= 15 is 0 Å². The van der Waals surface area contributed by atoms with Crippen LogP contribution in [0, 0.1) is 10.8 Å². The zero-order valence-corrected chi connectivity index (χ0v) is 8.19. The lowest BCUT2D eigenvalue weighted by Crippen LogP contribution is -2.24. The van der Waals surface area contributed by atoms with Gasteiger partial charge in [0.05, 0.1) is 12.3 Å². The predicted octanol–water partition coefficient (Wildman–Crippen LogP) is 3.15. The van der Waals surface area contributed by atoms with Crippen LogP contribution in [0.15, 0.2) is 28.0 Å². The lowest BCUT2D eigenvalue weighted by molar-refractivity contribution is 0.291. The van der Waals surface area contributed by atoms with E-state index in [-0.39, 0.29) is 6.04 Å². The van der Waals surface area contributed by atoms with E-state index in [1.54, 1.807) is 6.26 Å². The molecule has 1 aliphatic rings. The molecule has 2 atom stereocenters. The molecule has 0 radical (unpaired) electrons. The van der Waals surface area contributed by atoms with Crippen LogP contribution in [0.4, 0.5) is 0 Å². The van der Waals surface area contributed by atoms with Crippen LogP contribution in [0.1, 0.15) is 31.4 Å². The Bertz CT molecular complexity index is 281. The van der Waals surface area contributed by atoms with Crippen molar-refractivity contribution in [3.63, 3.8) is 0 Å². The number of nitrogens with zero attached hydrogens (tertiary/aromatic N) is 1. The lowest BCUT2D eigenvalue weighted by atomic mass is 9.82. The summed E-state index contributed by atoms with van der Waals surface area (Å²) in [7, 11) is 0. The summed E-state index contributed by atoms with van der Waals surface area (Å²) in [6.07, 6.45) is 6.97. The van der Waals surface area contributed by atoms with E-state index in [4.69, 9.17) is 4.42 Å². The molecule has 1 saturated carbocycles. The second-order valence-corrected chi connectivity index (χ2v) is 4.00. The fourth-order valence-electron chi connectivity index (χ4n) is 2.25. The number of nitroso groups, excluding NO2 is 1. The molecule has 1 aromatic rings. The fourth-order valence-corrected chi connectivity index (χ4v) is 2.25. The van der Waals surface area contributed by atoms with Crippen LogP contribution in [0.5, 0.6) is 0 Å². The minimum absolute atomic E-state index is 0.00819. The lowest BCUT2D eigenvalue weighted by Gasteiger charge is -2.25. The van der Waals surface area contributed by atoms with Gasteiger partial charge < -0.3 is 4.42 Å². The monoisotopic (exact) mass is 193 g/mol. The van der Waals surface area contributed by atoms with Crippen molar-refractivity contribution in [2.75, 3.05) is 0 Å². The SMILES string of the molecule is O=NC1CCCCC1Cc1ccco1. The van der Waals surface area contributed by atoms with Crippen LogP contribution in [0.25, 0.3) is 0 Å². The Morgan fingerprint density at radius 3 is 3.00 bits per heavy atom.